The average Bonchev–Trinajstić information content (AvgIpc) is 2.71. The Morgan fingerprint density at radius 2 is 1.82 bits per heavy atom. The molecule has 0 bridgehead atoms. The summed E-state index contributed by atoms with van der Waals surface area (Å²) in [6.45, 7) is 8.92. The summed E-state index contributed by atoms with van der Waals surface area (Å²) in [5, 5.41) is 0. The predicted octanol–water partition coefficient (Wildman–Crippen LogP) is 4.43. The van der Waals surface area contributed by atoms with Crippen molar-refractivity contribution in [1.29, 1.82) is 0 Å². The highest BCUT2D eigenvalue weighted by molar-refractivity contribution is 7.84. The molecule has 0 amide bonds. The molecule has 0 saturated carbocycles. The van der Waals surface area contributed by atoms with Crippen LogP contribution in [-0.4, -0.2) is 35.3 Å². The Morgan fingerprint density at radius 1 is 1.14 bits per heavy atom. The van der Waals surface area contributed by atoms with E-state index < -0.39 is 11.2 Å². The first-order valence-corrected chi connectivity index (χ1v) is 11.1. The molecule has 1 unspecified atom stereocenters. The number of nitrogens with one attached hydrogen (secondary N) is 1. The summed E-state index contributed by atoms with van der Waals surface area (Å²) in [7, 11) is 1.66. The number of nitrogens with zero attached hydrogens (tertiary/aromatic N) is 2. The minimum Gasteiger partial charge on any atom is -0.299 e. The van der Waals surface area contributed by atoms with Crippen molar-refractivity contribution >= 4 is 16.9 Å². The number of rotatable bonds is 6. The van der Waals surface area contributed by atoms with E-state index >= 15 is 0 Å². The molecule has 2 aromatic rings. The number of piperidine rings is 1. The summed E-state index contributed by atoms with van der Waals surface area (Å²) in [5.41, 5.74) is 3.26. The molecule has 1 atom stereocenters. The lowest BCUT2D eigenvalue weighted by Crippen LogP contribution is -2.47. The van der Waals surface area contributed by atoms with Crippen molar-refractivity contribution in [2.75, 3.05) is 24.4 Å². The fourth-order valence-corrected chi connectivity index (χ4v) is 4.52. The lowest BCUT2D eigenvalue weighted by molar-refractivity contribution is 0.207. The van der Waals surface area contributed by atoms with Crippen LogP contribution >= 0.6 is 0 Å². The Morgan fingerprint density at radius 3 is 2.43 bits per heavy atom. The van der Waals surface area contributed by atoms with E-state index in [0.29, 0.717) is 5.69 Å². The first-order valence-electron chi connectivity index (χ1n) is 9.99. The van der Waals surface area contributed by atoms with Gasteiger partial charge in [0.1, 0.15) is 5.82 Å². The van der Waals surface area contributed by atoms with Gasteiger partial charge in [-0.05, 0) is 50.6 Å². The molecule has 28 heavy (non-hydrogen) atoms. The van der Waals surface area contributed by atoms with Gasteiger partial charge in [0.05, 0.1) is 5.69 Å². The molecule has 1 fully saturated rings. The number of halogens is 1. The number of hydrogen-bond acceptors (Lipinski definition) is 2. The zero-order valence-electron chi connectivity index (χ0n) is 17.3. The fourth-order valence-electron chi connectivity index (χ4n) is 3.53. The molecule has 0 aromatic heterocycles. The van der Waals surface area contributed by atoms with Gasteiger partial charge < -0.3 is 0 Å². The average molecular weight is 406 g/mol. The van der Waals surface area contributed by atoms with Gasteiger partial charge in [0.2, 0.25) is 0 Å². The van der Waals surface area contributed by atoms with Crippen molar-refractivity contribution in [1.82, 2.24) is 9.62 Å². The van der Waals surface area contributed by atoms with Crippen molar-refractivity contribution in [3.05, 3.63) is 65.5 Å². The number of hydrogen-bond donors (Lipinski definition) is 1. The van der Waals surface area contributed by atoms with Gasteiger partial charge in [0, 0.05) is 25.7 Å². The Hall–Kier alpha value is -1.76. The van der Waals surface area contributed by atoms with Crippen LogP contribution in [0.4, 0.5) is 10.1 Å². The van der Waals surface area contributed by atoms with Gasteiger partial charge in [-0.3, -0.25) is 9.21 Å². The molecule has 4 nitrogen and oxygen atoms in total. The van der Waals surface area contributed by atoms with E-state index in [1.807, 2.05) is 24.2 Å². The molecule has 2 aromatic carbocycles. The van der Waals surface area contributed by atoms with Crippen molar-refractivity contribution in [2.24, 2.45) is 0 Å². The van der Waals surface area contributed by atoms with Gasteiger partial charge in [-0.15, -0.1) is 0 Å². The molecule has 1 saturated heterocycles. The highest BCUT2D eigenvalue weighted by Gasteiger charge is 2.28. The van der Waals surface area contributed by atoms with E-state index in [4.69, 9.17) is 0 Å². The van der Waals surface area contributed by atoms with Gasteiger partial charge in [-0.1, -0.05) is 49.7 Å². The van der Waals surface area contributed by atoms with Crippen LogP contribution in [-0.2, 0) is 17.7 Å². The van der Waals surface area contributed by atoms with Gasteiger partial charge in [-0.25, -0.2) is 13.3 Å². The second-order valence-electron chi connectivity index (χ2n) is 6.76. The third-order valence-electron chi connectivity index (χ3n) is 4.79. The summed E-state index contributed by atoms with van der Waals surface area (Å²) >= 11 is -1.38. The van der Waals surface area contributed by atoms with E-state index in [2.05, 4.69) is 40.8 Å². The fraction of sp³-hybridized carbons (Fsp3) is 0.455. The molecule has 6 heteroatoms. The van der Waals surface area contributed by atoms with Gasteiger partial charge in [0.15, 0.2) is 11.2 Å². The van der Waals surface area contributed by atoms with Gasteiger partial charge in [0.25, 0.3) is 0 Å². The minimum atomic E-state index is -1.38. The first kappa shape index (κ1) is 22.5. The van der Waals surface area contributed by atoms with Crippen LogP contribution in [0.15, 0.2) is 48.5 Å². The van der Waals surface area contributed by atoms with Crippen molar-refractivity contribution < 1.29 is 8.60 Å². The maximum atomic E-state index is 13.6. The summed E-state index contributed by atoms with van der Waals surface area (Å²) in [5.74, 6) is -0.308. The molecule has 1 aliphatic rings. The third kappa shape index (κ3) is 6.12. The van der Waals surface area contributed by atoms with E-state index in [0.717, 1.165) is 32.5 Å². The Bertz CT molecular complexity index is 763. The summed E-state index contributed by atoms with van der Waals surface area (Å²) in [4.78, 5) is 2.43. The SMILES string of the molecule is CC.CNS(=O)N(c1cccc(F)c1)C1CCN(Cc2cccc(C)c2)CC1. The smallest absolute Gasteiger partial charge is 0.196 e. The summed E-state index contributed by atoms with van der Waals surface area (Å²) < 4.78 is 30.8. The summed E-state index contributed by atoms with van der Waals surface area (Å²) in [6, 6.07) is 15.1. The molecule has 0 spiro atoms. The number of benzene rings is 2. The molecular weight excluding hydrogens is 373 g/mol. The van der Waals surface area contributed by atoms with Crippen molar-refractivity contribution in [3.63, 3.8) is 0 Å². The minimum absolute atomic E-state index is 0.124. The van der Waals surface area contributed by atoms with E-state index in [9.17, 15) is 8.60 Å². The molecule has 1 N–H and O–H groups in total. The van der Waals surface area contributed by atoms with E-state index in [-0.39, 0.29) is 11.9 Å². The molecular formula is C22H32FN3OS. The van der Waals surface area contributed by atoms with Crippen LogP contribution in [0.1, 0.15) is 37.8 Å². The second kappa shape index (κ2) is 11.3. The number of anilines is 1. The lowest BCUT2D eigenvalue weighted by atomic mass is 10.0. The standard InChI is InChI=1S/C20H26FN3OS.C2H6/c1-16-5-3-6-17(13-16)15-23-11-9-19(10-12-23)24(26(25)22-2)20-8-4-7-18(21)14-20;1-2/h3-8,13-14,19,22H,9-12,15H2,1-2H3;1-2H3. The van der Waals surface area contributed by atoms with Crippen LogP contribution in [0.5, 0.6) is 0 Å². The quantitative estimate of drug-likeness (QED) is 0.772. The predicted molar refractivity (Wildman–Crippen MR) is 117 cm³/mol. The number of aryl methyl sites for hydroxylation is 1. The van der Waals surface area contributed by atoms with Crippen LogP contribution in [0.2, 0.25) is 0 Å². The van der Waals surface area contributed by atoms with Crippen LogP contribution in [0.25, 0.3) is 0 Å². The zero-order valence-corrected chi connectivity index (χ0v) is 18.1. The summed E-state index contributed by atoms with van der Waals surface area (Å²) in [6.07, 6.45) is 1.80. The molecule has 3 rings (SSSR count). The van der Waals surface area contributed by atoms with Crippen molar-refractivity contribution in [3.8, 4) is 0 Å². The van der Waals surface area contributed by atoms with Gasteiger partial charge in [-0.2, -0.15) is 0 Å². The Labute approximate surface area is 171 Å². The largest absolute Gasteiger partial charge is 0.299 e. The maximum Gasteiger partial charge on any atom is 0.196 e. The molecule has 0 aliphatic carbocycles. The Kier molecular flexibility index (Phi) is 9.09. The van der Waals surface area contributed by atoms with E-state index in [1.165, 1.54) is 23.3 Å². The number of likely N-dealkylation sites (tertiary alicyclic amines) is 1. The van der Waals surface area contributed by atoms with E-state index in [1.54, 1.807) is 13.1 Å². The lowest BCUT2D eigenvalue weighted by Gasteiger charge is -2.38. The molecule has 1 aliphatic heterocycles. The molecule has 154 valence electrons. The topological polar surface area (TPSA) is 35.6 Å². The highest BCUT2D eigenvalue weighted by Crippen LogP contribution is 2.26. The van der Waals surface area contributed by atoms with Crippen LogP contribution in [0, 0.1) is 12.7 Å². The monoisotopic (exact) mass is 405 g/mol. The molecule has 0 radical (unpaired) electrons. The zero-order chi connectivity index (χ0) is 20.5. The Balaban J connectivity index is 0.00000136. The van der Waals surface area contributed by atoms with Crippen LogP contribution in [0.3, 0.4) is 0 Å². The van der Waals surface area contributed by atoms with Crippen molar-refractivity contribution in [2.45, 2.75) is 46.2 Å². The molecule has 1 heterocycles. The second-order valence-corrected chi connectivity index (χ2v) is 8.06. The normalized spacial score (nSPS) is 16.2. The highest BCUT2D eigenvalue weighted by atomic mass is 32.2. The third-order valence-corrected chi connectivity index (χ3v) is 6.01. The maximum absolute atomic E-state index is 13.6. The van der Waals surface area contributed by atoms with Gasteiger partial charge >= 0.3 is 0 Å². The van der Waals surface area contributed by atoms with Crippen LogP contribution < -0.4 is 9.03 Å². The first-order chi connectivity index (χ1) is 13.6.